The van der Waals surface area contributed by atoms with Crippen molar-refractivity contribution in [2.24, 2.45) is 7.05 Å². The molecular weight excluding hydrogens is 432 g/mol. The first-order valence-corrected chi connectivity index (χ1v) is 10.1. The number of amides is 1. The van der Waals surface area contributed by atoms with Gasteiger partial charge in [-0.1, -0.05) is 24.3 Å². The molecule has 3 heterocycles. The lowest BCUT2D eigenvalue weighted by atomic mass is 9.85. The van der Waals surface area contributed by atoms with Gasteiger partial charge in [0.2, 0.25) is 5.88 Å². The number of fused-ring (bicyclic) bond motifs is 1. The third kappa shape index (κ3) is 3.60. The van der Waals surface area contributed by atoms with E-state index in [1.165, 1.54) is 6.07 Å². The Morgan fingerprint density at radius 3 is 2.76 bits per heavy atom. The van der Waals surface area contributed by atoms with Gasteiger partial charge in [-0.15, -0.1) is 15.0 Å². The van der Waals surface area contributed by atoms with Crippen molar-refractivity contribution in [3.8, 4) is 11.6 Å². The Morgan fingerprint density at radius 1 is 1.15 bits per heavy atom. The molecule has 33 heavy (non-hydrogen) atoms. The first-order chi connectivity index (χ1) is 16.0. The molecule has 11 heteroatoms. The fraction of sp³-hybridized carbons (Fsp3) is 0.227. The van der Waals surface area contributed by atoms with Gasteiger partial charge in [0.1, 0.15) is 11.5 Å². The fourth-order valence-corrected chi connectivity index (χ4v) is 4.15. The highest BCUT2D eigenvalue weighted by atomic mass is 19.1. The second-order valence-electron chi connectivity index (χ2n) is 7.67. The molecule has 4 aromatic rings. The minimum Gasteiger partial charge on any atom is -0.481 e. The van der Waals surface area contributed by atoms with E-state index >= 15 is 0 Å². The molecule has 0 radical (unpaired) electrons. The lowest BCUT2D eigenvalue weighted by molar-refractivity contribution is 0.0711. The minimum atomic E-state index is -0.859. The molecule has 0 bridgehead atoms. The number of carbonyl (C=O) groups excluding carboxylic acids is 1. The fourth-order valence-electron chi connectivity index (χ4n) is 4.15. The number of ether oxygens (including phenoxy) is 1. The number of tetrazole rings is 1. The highest BCUT2D eigenvalue weighted by Crippen LogP contribution is 2.37. The number of nitrogens with zero attached hydrogens (tertiary/aromatic N) is 7. The van der Waals surface area contributed by atoms with Crippen molar-refractivity contribution >= 4 is 5.91 Å². The first-order valence-electron chi connectivity index (χ1n) is 10.1. The van der Waals surface area contributed by atoms with Crippen LogP contribution in [0.25, 0.3) is 5.69 Å². The molecule has 0 saturated heterocycles. The van der Waals surface area contributed by atoms with Gasteiger partial charge in [0.25, 0.3) is 11.7 Å². The van der Waals surface area contributed by atoms with E-state index in [0.717, 1.165) is 27.6 Å². The zero-order chi connectivity index (χ0) is 23.1. The summed E-state index contributed by atoms with van der Waals surface area (Å²) in [4.78, 5) is 15.8. The molecule has 1 unspecified atom stereocenters. The van der Waals surface area contributed by atoms with Crippen molar-refractivity contribution in [2.45, 2.75) is 12.5 Å². The van der Waals surface area contributed by atoms with Crippen molar-refractivity contribution in [3.05, 3.63) is 82.8 Å². The molecule has 9 nitrogen and oxygen atoms in total. The van der Waals surface area contributed by atoms with Crippen LogP contribution in [-0.2, 0) is 13.6 Å². The number of halogens is 2. The number of carbonyl (C=O) groups is 1. The van der Waals surface area contributed by atoms with Gasteiger partial charge >= 0.3 is 0 Å². The van der Waals surface area contributed by atoms with Crippen LogP contribution in [0.5, 0.6) is 5.88 Å². The van der Waals surface area contributed by atoms with Crippen molar-refractivity contribution < 1.29 is 18.3 Å². The summed E-state index contributed by atoms with van der Waals surface area (Å²) < 4.78 is 34.5. The Bertz CT molecular complexity index is 1350. The van der Waals surface area contributed by atoms with Crippen LogP contribution in [0.1, 0.15) is 33.2 Å². The van der Waals surface area contributed by atoms with Crippen LogP contribution in [-0.4, -0.2) is 54.4 Å². The van der Waals surface area contributed by atoms with Gasteiger partial charge in [0.05, 0.1) is 13.3 Å². The first kappa shape index (κ1) is 20.7. The van der Waals surface area contributed by atoms with Crippen molar-refractivity contribution in [1.82, 2.24) is 34.9 Å². The second-order valence-corrected chi connectivity index (χ2v) is 7.67. The molecule has 168 valence electrons. The highest BCUT2D eigenvalue weighted by Gasteiger charge is 2.34. The maximum atomic E-state index is 14.1. The third-order valence-electron chi connectivity index (χ3n) is 5.69. The molecule has 0 spiro atoms. The SMILES string of the molecule is COc1c(C2CN(C(=O)c3nnn(-c4ccc(F)cc4F)n3)Cc3ccccc32)cnn1C. The van der Waals surface area contributed by atoms with Gasteiger partial charge in [-0.25, -0.2) is 13.5 Å². The zero-order valence-electron chi connectivity index (χ0n) is 17.8. The summed E-state index contributed by atoms with van der Waals surface area (Å²) in [7, 11) is 3.37. The molecule has 1 atom stereocenters. The normalized spacial score (nSPS) is 15.4. The second kappa shape index (κ2) is 8.08. The van der Waals surface area contributed by atoms with Crippen LogP contribution in [0, 0.1) is 11.6 Å². The number of methoxy groups -OCH3 is 1. The molecule has 0 aliphatic carbocycles. The van der Waals surface area contributed by atoms with Crippen LogP contribution in [0.3, 0.4) is 0 Å². The van der Waals surface area contributed by atoms with E-state index in [9.17, 15) is 13.6 Å². The summed E-state index contributed by atoms with van der Waals surface area (Å²) in [5, 5.41) is 15.9. The number of hydrogen-bond acceptors (Lipinski definition) is 6. The van der Waals surface area contributed by atoms with Gasteiger partial charge < -0.3 is 9.64 Å². The van der Waals surface area contributed by atoms with E-state index in [0.29, 0.717) is 25.0 Å². The van der Waals surface area contributed by atoms with E-state index in [4.69, 9.17) is 4.74 Å². The van der Waals surface area contributed by atoms with E-state index in [1.54, 1.807) is 29.9 Å². The van der Waals surface area contributed by atoms with E-state index in [2.05, 4.69) is 20.5 Å². The maximum absolute atomic E-state index is 14.1. The topological polar surface area (TPSA) is 91.0 Å². The van der Waals surface area contributed by atoms with E-state index < -0.39 is 17.5 Å². The van der Waals surface area contributed by atoms with Crippen LogP contribution in [0.2, 0.25) is 0 Å². The average molecular weight is 451 g/mol. The third-order valence-corrected chi connectivity index (χ3v) is 5.69. The van der Waals surface area contributed by atoms with Gasteiger partial charge in [-0.05, 0) is 28.5 Å². The van der Waals surface area contributed by atoms with E-state index in [-0.39, 0.29) is 17.4 Å². The van der Waals surface area contributed by atoms with Crippen molar-refractivity contribution in [3.63, 3.8) is 0 Å². The van der Waals surface area contributed by atoms with Crippen molar-refractivity contribution in [1.29, 1.82) is 0 Å². The van der Waals surface area contributed by atoms with Crippen molar-refractivity contribution in [2.75, 3.05) is 13.7 Å². The summed E-state index contributed by atoms with van der Waals surface area (Å²) in [5.41, 5.74) is 2.81. The van der Waals surface area contributed by atoms with Crippen LogP contribution in [0.15, 0.2) is 48.7 Å². The number of rotatable bonds is 4. The molecule has 0 fully saturated rings. The Balaban J connectivity index is 1.48. The molecule has 5 rings (SSSR count). The minimum absolute atomic E-state index is 0.107. The Labute approximate surface area is 187 Å². The monoisotopic (exact) mass is 451 g/mol. The summed E-state index contributed by atoms with van der Waals surface area (Å²) in [6.45, 7) is 0.699. The Hall–Kier alpha value is -4.15. The summed E-state index contributed by atoms with van der Waals surface area (Å²) in [6, 6.07) is 10.8. The molecule has 2 aromatic heterocycles. The lowest BCUT2D eigenvalue weighted by Gasteiger charge is -2.34. The molecule has 0 saturated carbocycles. The zero-order valence-corrected chi connectivity index (χ0v) is 17.8. The average Bonchev–Trinajstić information content (AvgIpc) is 3.44. The van der Waals surface area contributed by atoms with Crippen LogP contribution in [0.4, 0.5) is 8.78 Å². The van der Waals surface area contributed by atoms with Crippen LogP contribution >= 0.6 is 0 Å². The number of aryl methyl sites for hydroxylation is 1. The van der Waals surface area contributed by atoms with Gasteiger partial charge in [-0.3, -0.25) is 4.79 Å². The predicted octanol–water partition coefficient (Wildman–Crippen LogP) is 2.47. The molecular formula is C22H19F2N7O2. The van der Waals surface area contributed by atoms with Crippen LogP contribution < -0.4 is 4.74 Å². The standard InChI is InChI=1S/C22H19F2N7O2/c1-29-22(33-2)16(10-25-29)17-12-30(11-13-5-3-4-6-15(13)17)21(32)20-26-28-31(27-20)19-8-7-14(23)9-18(19)24/h3-10,17H,11-12H2,1-2H3. The molecule has 1 aliphatic rings. The van der Waals surface area contributed by atoms with Gasteiger partial charge in [0, 0.05) is 37.7 Å². The summed E-state index contributed by atoms with van der Waals surface area (Å²) in [5.74, 6) is -1.79. The molecule has 1 amide bonds. The molecule has 1 aliphatic heterocycles. The number of benzene rings is 2. The smallest absolute Gasteiger partial charge is 0.295 e. The number of aromatic nitrogens is 6. The van der Waals surface area contributed by atoms with E-state index in [1.807, 2.05) is 24.3 Å². The molecule has 0 N–H and O–H groups in total. The van der Waals surface area contributed by atoms with Gasteiger partial charge in [0.15, 0.2) is 5.82 Å². The predicted molar refractivity (Wildman–Crippen MR) is 112 cm³/mol. The largest absolute Gasteiger partial charge is 0.481 e. The maximum Gasteiger partial charge on any atom is 0.295 e. The molecule has 2 aromatic carbocycles. The Morgan fingerprint density at radius 2 is 1.97 bits per heavy atom. The summed E-state index contributed by atoms with van der Waals surface area (Å²) in [6.07, 6.45) is 1.74. The number of hydrogen-bond donors (Lipinski definition) is 0. The quantitative estimate of drug-likeness (QED) is 0.474. The lowest BCUT2D eigenvalue weighted by Crippen LogP contribution is -2.39. The highest BCUT2D eigenvalue weighted by molar-refractivity contribution is 5.90. The summed E-state index contributed by atoms with van der Waals surface area (Å²) >= 11 is 0. The Kier molecular flexibility index (Phi) is 5.08. The van der Waals surface area contributed by atoms with Gasteiger partial charge in [-0.2, -0.15) is 5.10 Å².